The number of nitrogens with two attached hydrogens (primary N) is 1. The Morgan fingerprint density at radius 2 is 1.82 bits per heavy atom. The van der Waals surface area contributed by atoms with E-state index in [-0.39, 0.29) is 6.04 Å². The number of aryl methyl sites for hydroxylation is 2. The molecule has 0 spiro atoms. The molecule has 1 rings (SSSR count). The van der Waals surface area contributed by atoms with Gasteiger partial charge in [0, 0.05) is 6.04 Å². The zero-order chi connectivity index (χ0) is 12.8. The number of aromatic nitrogens is 2. The van der Waals surface area contributed by atoms with E-state index in [4.69, 9.17) is 5.73 Å². The van der Waals surface area contributed by atoms with Gasteiger partial charge in [0.05, 0.1) is 11.4 Å². The van der Waals surface area contributed by atoms with Crippen LogP contribution in [0.2, 0.25) is 0 Å². The Kier molecular flexibility index (Phi) is 5.56. The van der Waals surface area contributed by atoms with E-state index in [0.29, 0.717) is 5.92 Å². The summed E-state index contributed by atoms with van der Waals surface area (Å²) in [5.41, 5.74) is 9.52. The molecule has 0 amide bonds. The van der Waals surface area contributed by atoms with Crippen LogP contribution in [0.25, 0.3) is 0 Å². The van der Waals surface area contributed by atoms with Gasteiger partial charge in [-0.3, -0.25) is 0 Å². The molecular weight excluding hydrogens is 210 g/mol. The largest absolute Gasteiger partial charge is 0.324 e. The maximum absolute atomic E-state index is 6.32. The van der Waals surface area contributed by atoms with Gasteiger partial charge in [-0.2, -0.15) is 10.2 Å². The molecule has 1 aromatic heterocycles. The first kappa shape index (κ1) is 14.1. The van der Waals surface area contributed by atoms with Gasteiger partial charge in [-0.15, -0.1) is 0 Å². The second-order valence-corrected chi connectivity index (χ2v) is 4.77. The topological polar surface area (TPSA) is 51.8 Å². The summed E-state index contributed by atoms with van der Waals surface area (Å²) in [6, 6.07) is 2.20. The predicted molar refractivity (Wildman–Crippen MR) is 71.8 cm³/mol. The molecule has 17 heavy (non-hydrogen) atoms. The lowest BCUT2D eigenvalue weighted by molar-refractivity contribution is 0.412. The minimum atomic E-state index is 0.101. The fourth-order valence-electron chi connectivity index (χ4n) is 2.24. The highest BCUT2D eigenvalue weighted by atomic mass is 15.1. The third kappa shape index (κ3) is 3.77. The van der Waals surface area contributed by atoms with Crippen LogP contribution in [0.5, 0.6) is 0 Å². The van der Waals surface area contributed by atoms with Crippen LogP contribution in [-0.2, 0) is 6.42 Å². The first-order valence-electron chi connectivity index (χ1n) is 6.70. The van der Waals surface area contributed by atoms with Crippen LogP contribution in [0, 0.1) is 12.8 Å². The van der Waals surface area contributed by atoms with Gasteiger partial charge >= 0.3 is 0 Å². The van der Waals surface area contributed by atoms with E-state index >= 15 is 0 Å². The smallest absolute Gasteiger partial charge is 0.0676 e. The fourth-order valence-corrected chi connectivity index (χ4v) is 2.24. The van der Waals surface area contributed by atoms with Crippen molar-refractivity contribution in [2.75, 3.05) is 0 Å². The summed E-state index contributed by atoms with van der Waals surface area (Å²) >= 11 is 0. The highest BCUT2D eigenvalue weighted by Crippen LogP contribution is 2.25. The standard InChI is InChI=1S/C14H25N3/c1-5-11(6-2)9-13(15)12-8-10(4)16-17-14(12)7-3/h8,11,13H,5-7,9,15H2,1-4H3. The molecule has 0 saturated heterocycles. The summed E-state index contributed by atoms with van der Waals surface area (Å²) in [5, 5.41) is 8.35. The molecule has 1 heterocycles. The minimum Gasteiger partial charge on any atom is -0.324 e. The second kappa shape index (κ2) is 6.70. The summed E-state index contributed by atoms with van der Waals surface area (Å²) in [6.07, 6.45) is 4.34. The lowest BCUT2D eigenvalue weighted by Gasteiger charge is -2.20. The molecule has 2 N–H and O–H groups in total. The van der Waals surface area contributed by atoms with Crippen molar-refractivity contribution in [3.63, 3.8) is 0 Å². The summed E-state index contributed by atoms with van der Waals surface area (Å²) in [7, 11) is 0. The molecule has 0 aromatic carbocycles. The van der Waals surface area contributed by atoms with E-state index in [0.717, 1.165) is 24.2 Å². The lowest BCUT2D eigenvalue weighted by atomic mass is 9.90. The number of hydrogen-bond donors (Lipinski definition) is 1. The van der Waals surface area contributed by atoms with Gasteiger partial charge in [-0.05, 0) is 37.3 Å². The minimum absolute atomic E-state index is 0.101. The Morgan fingerprint density at radius 3 is 2.35 bits per heavy atom. The quantitative estimate of drug-likeness (QED) is 0.824. The van der Waals surface area contributed by atoms with E-state index in [9.17, 15) is 0 Å². The van der Waals surface area contributed by atoms with E-state index < -0.39 is 0 Å². The molecule has 3 nitrogen and oxygen atoms in total. The van der Waals surface area contributed by atoms with E-state index in [1.807, 2.05) is 6.92 Å². The summed E-state index contributed by atoms with van der Waals surface area (Å²) < 4.78 is 0. The van der Waals surface area contributed by atoms with Gasteiger partial charge in [0.25, 0.3) is 0 Å². The van der Waals surface area contributed by atoms with E-state index in [1.54, 1.807) is 0 Å². The molecule has 0 radical (unpaired) electrons. The molecule has 96 valence electrons. The Morgan fingerprint density at radius 1 is 1.18 bits per heavy atom. The SMILES string of the molecule is CCc1nnc(C)cc1C(N)CC(CC)CC. The van der Waals surface area contributed by atoms with Crippen LogP contribution >= 0.6 is 0 Å². The summed E-state index contributed by atoms with van der Waals surface area (Å²) in [6.45, 7) is 8.54. The van der Waals surface area contributed by atoms with Crippen LogP contribution in [0.1, 0.15) is 63.0 Å². The third-order valence-electron chi connectivity index (χ3n) is 3.50. The van der Waals surface area contributed by atoms with E-state index in [1.165, 1.54) is 18.4 Å². The van der Waals surface area contributed by atoms with Crippen molar-refractivity contribution in [2.45, 2.75) is 59.4 Å². The molecule has 0 bridgehead atoms. The lowest BCUT2D eigenvalue weighted by Crippen LogP contribution is -2.18. The third-order valence-corrected chi connectivity index (χ3v) is 3.50. The van der Waals surface area contributed by atoms with Crippen molar-refractivity contribution in [3.8, 4) is 0 Å². The van der Waals surface area contributed by atoms with Crippen molar-refractivity contribution in [2.24, 2.45) is 11.7 Å². The van der Waals surface area contributed by atoms with Crippen molar-refractivity contribution in [3.05, 3.63) is 23.0 Å². The van der Waals surface area contributed by atoms with Crippen LogP contribution < -0.4 is 5.73 Å². The van der Waals surface area contributed by atoms with E-state index in [2.05, 4.69) is 37.0 Å². The van der Waals surface area contributed by atoms with Crippen LogP contribution in [-0.4, -0.2) is 10.2 Å². The van der Waals surface area contributed by atoms with Crippen LogP contribution in [0.3, 0.4) is 0 Å². The fraction of sp³-hybridized carbons (Fsp3) is 0.714. The monoisotopic (exact) mass is 235 g/mol. The van der Waals surface area contributed by atoms with Gasteiger partial charge in [0.15, 0.2) is 0 Å². The van der Waals surface area contributed by atoms with Gasteiger partial charge in [0.2, 0.25) is 0 Å². The highest BCUT2D eigenvalue weighted by molar-refractivity contribution is 5.24. The molecular formula is C14H25N3. The molecule has 0 aliphatic rings. The molecule has 1 atom stereocenters. The maximum Gasteiger partial charge on any atom is 0.0676 e. The first-order valence-corrected chi connectivity index (χ1v) is 6.70. The van der Waals surface area contributed by atoms with Crippen molar-refractivity contribution in [1.82, 2.24) is 10.2 Å². The maximum atomic E-state index is 6.32. The zero-order valence-electron chi connectivity index (χ0n) is 11.5. The van der Waals surface area contributed by atoms with Gasteiger partial charge in [-0.1, -0.05) is 33.6 Å². The van der Waals surface area contributed by atoms with Gasteiger partial charge in [0.1, 0.15) is 0 Å². The normalized spacial score (nSPS) is 13.1. The molecule has 1 unspecified atom stereocenters. The number of rotatable bonds is 6. The van der Waals surface area contributed by atoms with Crippen molar-refractivity contribution in [1.29, 1.82) is 0 Å². The number of hydrogen-bond acceptors (Lipinski definition) is 3. The molecule has 1 aromatic rings. The van der Waals surface area contributed by atoms with Crippen LogP contribution in [0.15, 0.2) is 6.07 Å². The Balaban J connectivity index is 2.86. The molecule has 0 aliphatic carbocycles. The Labute approximate surface area is 105 Å². The average molecular weight is 235 g/mol. The summed E-state index contributed by atoms with van der Waals surface area (Å²) in [5.74, 6) is 0.711. The Bertz CT molecular complexity index is 345. The van der Waals surface area contributed by atoms with Crippen LogP contribution in [0.4, 0.5) is 0 Å². The van der Waals surface area contributed by atoms with Crippen molar-refractivity contribution < 1.29 is 0 Å². The van der Waals surface area contributed by atoms with Gasteiger partial charge in [-0.25, -0.2) is 0 Å². The van der Waals surface area contributed by atoms with Gasteiger partial charge < -0.3 is 5.73 Å². The zero-order valence-corrected chi connectivity index (χ0v) is 11.5. The molecule has 0 fully saturated rings. The molecule has 3 heteroatoms. The Hall–Kier alpha value is -0.960. The number of nitrogens with zero attached hydrogens (tertiary/aromatic N) is 2. The predicted octanol–water partition coefficient (Wildman–Crippen LogP) is 3.17. The highest BCUT2D eigenvalue weighted by Gasteiger charge is 2.16. The molecule has 0 aliphatic heterocycles. The average Bonchev–Trinajstić information content (AvgIpc) is 2.35. The summed E-state index contributed by atoms with van der Waals surface area (Å²) in [4.78, 5) is 0. The van der Waals surface area contributed by atoms with Crippen molar-refractivity contribution >= 4 is 0 Å². The molecule has 0 saturated carbocycles. The second-order valence-electron chi connectivity index (χ2n) is 4.77. The first-order chi connectivity index (χ1) is 8.12.